The first-order chi connectivity index (χ1) is 8.90. The van der Waals surface area contributed by atoms with E-state index in [1.807, 2.05) is 13.0 Å². The zero-order valence-corrected chi connectivity index (χ0v) is 11.5. The fraction of sp³-hybridized carbons (Fsp3) is 0.333. The number of aliphatic hydroxyl groups is 1. The van der Waals surface area contributed by atoms with Gasteiger partial charge >= 0.3 is 0 Å². The highest BCUT2D eigenvalue weighted by atomic mass is 19.1. The molecular formula is C15H17FN2O. The molecular weight excluding hydrogens is 243 g/mol. The second-order valence-corrected chi connectivity index (χ2v) is 4.91. The van der Waals surface area contributed by atoms with Gasteiger partial charge in [0.25, 0.3) is 0 Å². The molecule has 1 N–H and O–H groups in total. The number of aryl methyl sites for hydroxylation is 4. The first-order valence-corrected chi connectivity index (χ1v) is 6.15. The summed E-state index contributed by atoms with van der Waals surface area (Å²) < 4.78 is 14.1. The molecule has 0 fully saturated rings. The molecule has 4 heteroatoms. The molecule has 1 aromatic carbocycles. The lowest BCUT2D eigenvalue weighted by Gasteiger charge is -2.17. The molecule has 2 aromatic rings. The molecule has 0 aliphatic carbocycles. The van der Waals surface area contributed by atoms with E-state index in [1.165, 1.54) is 6.07 Å². The van der Waals surface area contributed by atoms with E-state index in [2.05, 4.69) is 10.2 Å². The highest BCUT2D eigenvalue weighted by molar-refractivity contribution is 5.39. The molecule has 0 saturated carbocycles. The summed E-state index contributed by atoms with van der Waals surface area (Å²) in [7, 11) is 0. The second-order valence-electron chi connectivity index (χ2n) is 4.91. The Balaban J connectivity index is 2.56. The summed E-state index contributed by atoms with van der Waals surface area (Å²) in [6.07, 6.45) is -1.02. The first-order valence-electron chi connectivity index (χ1n) is 6.15. The molecule has 1 heterocycles. The van der Waals surface area contributed by atoms with Gasteiger partial charge < -0.3 is 5.11 Å². The smallest absolute Gasteiger partial charge is 0.129 e. The average molecular weight is 260 g/mol. The van der Waals surface area contributed by atoms with E-state index >= 15 is 0 Å². The highest BCUT2D eigenvalue weighted by Gasteiger charge is 2.20. The lowest BCUT2D eigenvalue weighted by atomic mass is 9.95. The van der Waals surface area contributed by atoms with Crippen molar-refractivity contribution in [3.05, 3.63) is 57.7 Å². The van der Waals surface area contributed by atoms with Crippen LogP contribution in [-0.2, 0) is 0 Å². The minimum absolute atomic E-state index is 0.307. The van der Waals surface area contributed by atoms with Gasteiger partial charge in [-0.05, 0) is 51.0 Å². The predicted octanol–water partition coefficient (Wildman–Crippen LogP) is 2.93. The molecule has 0 amide bonds. The Morgan fingerprint density at radius 1 is 1.05 bits per heavy atom. The van der Waals surface area contributed by atoms with Crippen molar-refractivity contribution in [1.82, 2.24) is 10.2 Å². The summed E-state index contributed by atoms with van der Waals surface area (Å²) in [6.45, 7) is 7.18. The Morgan fingerprint density at radius 2 is 1.74 bits per heavy atom. The van der Waals surface area contributed by atoms with Gasteiger partial charge in [0.1, 0.15) is 11.9 Å². The lowest BCUT2D eigenvalue weighted by Crippen LogP contribution is -2.09. The predicted molar refractivity (Wildman–Crippen MR) is 71.4 cm³/mol. The molecule has 19 heavy (non-hydrogen) atoms. The zero-order chi connectivity index (χ0) is 14.2. The van der Waals surface area contributed by atoms with Crippen molar-refractivity contribution in [2.24, 2.45) is 0 Å². The summed E-state index contributed by atoms with van der Waals surface area (Å²) in [5.41, 5.74) is 3.78. The molecule has 1 aromatic heterocycles. The van der Waals surface area contributed by atoms with Gasteiger partial charge in [0, 0.05) is 11.1 Å². The van der Waals surface area contributed by atoms with Gasteiger partial charge in [-0.15, -0.1) is 0 Å². The molecule has 100 valence electrons. The number of hydrogen-bond donors (Lipinski definition) is 1. The second kappa shape index (κ2) is 5.05. The van der Waals surface area contributed by atoms with Crippen molar-refractivity contribution in [2.45, 2.75) is 33.8 Å². The fourth-order valence-electron chi connectivity index (χ4n) is 2.28. The van der Waals surface area contributed by atoms with Crippen LogP contribution >= 0.6 is 0 Å². The number of halogens is 1. The van der Waals surface area contributed by atoms with Crippen LogP contribution in [0.1, 0.15) is 39.7 Å². The number of hydrogen-bond acceptors (Lipinski definition) is 3. The van der Waals surface area contributed by atoms with Crippen LogP contribution < -0.4 is 0 Å². The van der Waals surface area contributed by atoms with Crippen LogP contribution in [-0.4, -0.2) is 15.3 Å². The zero-order valence-electron chi connectivity index (χ0n) is 11.5. The van der Waals surface area contributed by atoms with Crippen LogP contribution in [0.25, 0.3) is 0 Å². The number of aromatic nitrogens is 2. The Morgan fingerprint density at radius 3 is 2.37 bits per heavy atom. The molecule has 0 bridgehead atoms. The van der Waals surface area contributed by atoms with E-state index in [9.17, 15) is 9.50 Å². The van der Waals surface area contributed by atoms with Gasteiger partial charge in [-0.25, -0.2) is 4.39 Å². The SMILES string of the molecule is Cc1cc(C)c(C(O)c2cc(C)nnc2C)c(F)c1. The Labute approximate surface area is 112 Å². The minimum Gasteiger partial charge on any atom is -0.383 e. The van der Waals surface area contributed by atoms with E-state index in [0.29, 0.717) is 22.5 Å². The van der Waals surface area contributed by atoms with Gasteiger partial charge in [-0.1, -0.05) is 6.07 Å². The third kappa shape index (κ3) is 2.63. The molecule has 0 aliphatic heterocycles. The number of benzene rings is 1. The fourth-order valence-corrected chi connectivity index (χ4v) is 2.28. The van der Waals surface area contributed by atoms with Gasteiger partial charge in [-0.2, -0.15) is 10.2 Å². The van der Waals surface area contributed by atoms with Crippen molar-refractivity contribution in [3.8, 4) is 0 Å². The van der Waals surface area contributed by atoms with Crippen LogP contribution in [0.4, 0.5) is 4.39 Å². The van der Waals surface area contributed by atoms with E-state index in [4.69, 9.17) is 0 Å². The molecule has 2 rings (SSSR count). The van der Waals surface area contributed by atoms with Crippen molar-refractivity contribution in [1.29, 1.82) is 0 Å². The third-order valence-corrected chi connectivity index (χ3v) is 3.19. The molecule has 0 aliphatic rings. The van der Waals surface area contributed by atoms with Crippen LogP contribution in [0, 0.1) is 33.5 Å². The average Bonchev–Trinajstić information content (AvgIpc) is 2.30. The molecule has 3 nitrogen and oxygen atoms in total. The number of nitrogens with zero attached hydrogens (tertiary/aromatic N) is 2. The maximum atomic E-state index is 14.1. The van der Waals surface area contributed by atoms with Crippen LogP contribution in [0.5, 0.6) is 0 Å². The summed E-state index contributed by atoms with van der Waals surface area (Å²) in [5.74, 6) is -0.390. The minimum atomic E-state index is -1.02. The molecule has 0 radical (unpaired) electrons. The van der Waals surface area contributed by atoms with Crippen molar-refractivity contribution in [2.75, 3.05) is 0 Å². The van der Waals surface area contributed by atoms with Gasteiger partial charge in [0.15, 0.2) is 0 Å². The third-order valence-electron chi connectivity index (χ3n) is 3.19. The van der Waals surface area contributed by atoms with Crippen molar-refractivity contribution >= 4 is 0 Å². The van der Waals surface area contributed by atoms with E-state index < -0.39 is 6.10 Å². The largest absolute Gasteiger partial charge is 0.383 e. The normalized spacial score (nSPS) is 12.5. The topological polar surface area (TPSA) is 46.0 Å². The Kier molecular flexibility index (Phi) is 3.62. The van der Waals surface area contributed by atoms with E-state index in [0.717, 1.165) is 11.1 Å². The van der Waals surface area contributed by atoms with Gasteiger partial charge in [-0.3, -0.25) is 0 Å². The quantitative estimate of drug-likeness (QED) is 0.903. The number of aliphatic hydroxyl groups excluding tert-OH is 1. The lowest BCUT2D eigenvalue weighted by molar-refractivity contribution is 0.212. The maximum absolute atomic E-state index is 14.1. The molecule has 1 atom stereocenters. The molecule has 0 saturated heterocycles. The first kappa shape index (κ1) is 13.6. The number of rotatable bonds is 2. The van der Waals surface area contributed by atoms with E-state index in [1.54, 1.807) is 26.8 Å². The molecule has 1 unspecified atom stereocenters. The highest BCUT2D eigenvalue weighted by Crippen LogP contribution is 2.29. The summed E-state index contributed by atoms with van der Waals surface area (Å²) in [4.78, 5) is 0. The summed E-state index contributed by atoms with van der Waals surface area (Å²) in [5, 5.41) is 18.3. The molecule has 0 spiro atoms. The van der Waals surface area contributed by atoms with Crippen LogP contribution in [0.15, 0.2) is 18.2 Å². The van der Waals surface area contributed by atoms with Gasteiger partial charge in [0.05, 0.1) is 11.4 Å². The monoisotopic (exact) mass is 260 g/mol. The Hall–Kier alpha value is -1.81. The van der Waals surface area contributed by atoms with Crippen molar-refractivity contribution < 1.29 is 9.50 Å². The van der Waals surface area contributed by atoms with Gasteiger partial charge in [0.2, 0.25) is 0 Å². The van der Waals surface area contributed by atoms with Crippen LogP contribution in [0.2, 0.25) is 0 Å². The van der Waals surface area contributed by atoms with Crippen molar-refractivity contribution in [3.63, 3.8) is 0 Å². The standard InChI is InChI=1S/C15H17FN2O/c1-8-5-9(2)14(13(16)6-8)15(19)12-7-10(3)17-18-11(12)4/h5-7,15,19H,1-4H3. The van der Waals surface area contributed by atoms with E-state index in [-0.39, 0.29) is 5.82 Å². The summed E-state index contributed by atoms with van der Waals surface area (Å²) in [6, 6.07) is 5.03. The maximum Gasteiger partial charge on any atom is 0.129 e. The Bertz CT molecular complexity index is 603. The van der Waals surface area contributed by atoms with Crippen LogP contribution in [0.3, 0.4) is 0 Å². The summed E-state index contributed by atoms with van der Waals surface area (Å²) >= 11 is 0.